The second-order valence-electron chi connectivity index (χ2n) is 7.44. The van der Waals surface area contributed by atoms with Crippen molar-refractivity contribution in [2.75, 3.05) is 22.9 Å². The number of para-hydroxylation sites is 1. The third-order valence-electron chi connectivity index (χ3n) is 5.63. The van der Waals surface area contributed by atoms with Crippen LogP contribution >= 0.6 is 11.3 Å². The molecule has 0 fully saturated rings. The van der Waals surface area contributed by atoms with Gasteiger partial charge in [0.05, 0.1) is 5.69 Å². The highest BCUT2D eigenvalue weighted by atomic mass is 32.1. The van der Waals surface area contributed by atoms with Crippen molar-refractivity contribution in [3.8, 4) is 17.2 Å². The molecule has 0 aliphatic carbocycles. The number of pyridine rings is 1. The summed E-state index contributed by atoms with van der Waals surface area (Å²) < 4.78 is 0. The molecular weight excluding hydrogens is 406 g/mol. The number of hydrogen-bond acceptors (Lipinski definition) is 6. The fraction of sp³-hybridized carbons (Fsp3) is 0.125. The Morgan fingerprint density at radius 1 is 1.10 bits per heavy atom. The van der Waals surface area contributed by atoms with Crippen molar-refractivity contribution in [1.82, 2.24) is 4.98 Å². The van der Waals surface area contributed by atoms with E-state index in [4.69, 9.17) is 11.5 Å². The first-order valence-corrected chi connectivity index (χ1v) is 10.8. The topological polar surface area (TPSA) is 109 Å². The van der Waals surface area contributed by atoms with Gasteiger partial charge in [0, 0.05) is 23.2 Å². The fourth-order valence-electron chi connectivity index (χ4n) is 4.20. The molecule has 1 amide bonds. The van der Waals surface area contributed by atoms with E-state index >= 15 is 0 Å². The van der Waals surface area contributed by atoms with Crippen LogP contribution < -0.4 is 16.4 Å². The number of nitrogens with zero attached hydrogens (tertiary/aromatic N) is 3. The highest BCUT2D eigenvalue weighted by molar-refractivity contribution is 7.21. The molecule has 7 heteroatoms. The molecule has 152 valence electrons. The molecule has 0 spiro atoms. The van der Waals surface area contributed by atoms with E-state index in [-0.39, 0.29) is 17.3 Å². The first-order valence-electron chi connectivity index (χ1n) is 9.97. The third-order valence-corrected chi connectivity index (χ3v) is 6.72. The van der Waals surface area contributed by atoms with Gasteiger partial charge in [-0.3, -0.25) is 4.79 Å². The molecule has 1 aliphatic heterocycles. The molecule has 6 nitrogen and oxygen atoms in total. The Hall–Kier alpha value is -3.89. The number of anilines is 3. The largest absolute Gasteiger partial charge is 0.397 e. The van der Waals surface area contributed by atoms with Crippen molar-refractivity contribution < 1.29 is 4.79 Å². The van der Waals surface area contributed by atoms with E-state index in [9.17, 15) is 10.1 Å². The summed E-state index contributed by atoms with van der Waals surface area (Å²) in [5.41, 5.74) is 16.8. The molecule has 2 aromatic heterocycles. The summed E-state index contributed by atoms with van der Waals surface area (Å²) in [6, 6.07) is 19.6. The van der Waals surface area contributed by atoms with Gasteiger partial charge in [-0.2, -0.15) is 5.26 Å². The minimum atomic E-state index is -0.149. The number of nitrogen functional groups attached to an aromatic ring is 2. The smallest absolute Gasteiger partial charge is 0.270 e. The second kappa shape index (κ2) is 7.42. The van der Waals surface area contributed by atoms with Crippen LogP contribution in [0.15, 0.2) is 54.6 Å². The van der Waals surface area contributed by atoms with E-state index in [1.807, 2.05) is 48.5 Å². The van der Waals surface area contributed by atoms with Gasteiger partial charge in [-0.15, -0.1) is 11.3 Å². The number of rotatable bonds is 2. The molecule has 4 N–H and O–H groups in total. The number of nitriles is 1. The Bertz CT molecular complexity index is 1370. The molecule has 0 atom stereocenters. The van der Waals surface area contributed by atoms with Crippen molar-refractivity contribution in [2.24, 2.45) is 0 Å². The summed E-state index contributed by atoms with van der Waals surface area (Å²) in [7, 11) is 0. The lowest BCUT2D eigenvalue weighted by molar-refractivity contribution is 0.0990. The number of amides is 1. The zero-order valence-corrected chi connectivity index (χ0v) is 17.4. The maximum atomic E-state index is 13.6. The fourth-order valence-corrected chi connectivity index (χ4v) is 5.26. The first-order chi connectivity index (χ1) is 15.1. The average Bonchev–Trinajstić information content (AvgIpc) is 3.13. The van der Waals surface area contributed by atoms with Gasteiger partial charge in [-0.25, -0.2) is 4.98 Å². The molecule has 4 aromatic rings. The van der Waals surface area contributed by atoms with Crippen LogP contribution in [0.3, 0.4) is 0 Å². The summed E-state index contributed by atoms with van der Waals surface area (Å²) in [5, 5.41) is 10.4. The van der Waals surface area contributed by atoms with E-state index < -0.39 is 0 Å². The summed E-state index contributed by atoms with van der Waals surface area (Å²) in [6.45, 7) is 0.633. The van der Waals surface area contributed by atoms with Crippen LogP contribution in [0.5, 0.6) is 0 Å². The molecule has 0 saturated heterocycles. The summed E-state index contributed by atoms with van der Waals surface area (Å²) >= 11 is 1.23. The highest BCUT2D eigenvalue weighted by Gasteiger charge is 2.29. The second-order valence-corrected chi connectivity index (χ2v) is 8.44. The zero-order chi connectivity index (χ0) is 21.5. The van der Waals surface area contributed by atoms with E-state index in [1.54, 1.807) is 4.90 Å². The number of aryl methyl sites for hydroxylation is 1. The summed E-state index contributed by atoms with van der Waals surface area (Å²) in [5.74, 6) is -0.0128. The molecule has 0 unspecified atom stereocenters. The number of aromatic nitrogens is 1. The van der Waals surface area contributed by atoms with Crippen molar-refractivity contribution in [3.05, 3.63) is 70.6 Å². The average molecular weight is 426 g/mol. The van der Waals surface area contributed by atoms with Crippen LogP contribution in [-0.2, 0) is 6.42 Å². The lowest BCUT2D eigenvalue weighted by atomic mass is 9.97. The Kier molecular flexibility index (Phi) is 4.57. The van der Waals surface area contributed by atoms with Gasteiger partial charge in [0.25, 0.3) is 5.91 Å². The maximum Gasteiger partial charge on any atom is 0.270 e. The van der Waals surface area contributed by atoms with E-state index in [1.165, 1.54) is 11.3 Å². The van der Waals surface area contributed by atoms with Crippen molar-refractivity contribution >= 4 is 44.7 Å². The SMILES string of the molecule is N#Cc1c(N)nc2sc(C(=O)N3CCCc4ccccc43)c(N)c2c1-c1ccccc1. The maximum absolute atomic E-state index is 13.6. The minimum absolute atomic E-state index is 0.137. The van der Waals surface area contributed by atoms with E-state index in [0.29, 0.717) is 32.9 Å². The standard InChI is InChI=1S/C24H19N5OS/c25-13-16-18(15-8-2-1-3-9-15)19-20(26)21(31-23(19)28-22(16)27)24(30)29-12-6-10-14-7-4-5-11-17(14)29/h1-5,7-9,11H,6,10,12,26H2,(H2,27,28). The molecule has 3 heterocycles. The van der Waals surface area contributed by atoms with Crippen molar-refractivity contribution in [1.29, 1.82) is 5.26 Å². The number of carbonyl (C=O) groups excluding carboxylic acids is 1. The van der Waals surface area contributed by atoms with Gasteiger partial charge in [-0.1, -0.05) is 48.5 Å². The number of benzene rings is 2. The van der Waals surface area contributed by atoms with Crippen LogP contribution in [-0.4, -0.2) is 17.4 Å². The molecule has 31 heavy (non-hydrogen) atoms. The summed E-state index contributed by atoms with van der Waals surface area (Å²) in [6.07, 6.45) is 1.84. The number of fused-ring (bicyclic) bond motifs is 2. The molecule has 1 aliphatic rings. The van der Waals surface area contributed by atoms with Gasteiger partial charge in [0.2, 0.25) is 0 Å². The van der Waals surface area contributed by atoms with Gasteiger partial charge in [0.1, 0.15) is 27.2 Å². The lowest BCUT2D eigenvalue weighted by Crippen LogP contribution is -2.35. The molecule has 0 saturated carbocycles. The number of nitrogens with two attached hydrogens (primary N) is 2. The number of thiophene rings is 1. The molecule has 0 radical (unpaired) electrons. The zero-order valence-electron chi connectivity index (χ0n) is 16.6. The van der Waals surface area contributed by atoms with Crippen molar-refractivity contribution in [3.63, 3.8) is 0 Å². The first kappa shape index (κ1) is 19.1. The Morgan fingerprint density at radius 3 is 2.61 bits per heavy atom. The van der Waals surface area contributed by atoms with Crippen LogP contribution in [0, 0.1) is 11.3 Å². The van der Waals surface area contributed by atoms with Crippen LogP contribution in [0.25, 0.3) is 21.3 Å². The van der Waals surface area contributed by atoms with E-state index in [2.05, 4.69) is 17.1 Å². The van der Waals surface area contributed by atoms with Crippen molar-refractivity contribution in [2.45, 2.75) is 12.8 Å². The predicted molar refractivity (Wildman–Crippen MR) is 125 cm³/mol. The van der Waals surface area contributed by atoms with Gasteiger partial charge in [-0.05, 0) is 30.0 Å². The van der Waals surface area contributed by atoms with Crippen LogP contribution in [0.4, 0.5) is 17.2 Å². The monoisotopic (exact) mass is 425 g/mol. The quantitative estimate of drug-likeness (QED) is 0.488. The Morgan fingerprint density at radius 2 is 1.84 bits per heavy atom. The number of hydrogen-bond donors (Lipinski definition) is 2. The normalized spacial score (nSPS) is 13.1. The Labute approximate surface area is 183 Å². The van der Waals surface area contributed by atoms with Crippen LogP contribution in [0.1, 0.15) is 27.2 Å². The number of carbonyl (C=O) groups is 1. The predicted octanol–water partition coefficient (Wildman–Crippen LogP) is 4.59. The van der Waals surface area contributed by atoms with Crippen LogP contribution in [0.2, 0.25) is 0 Å². The minimum Gasteiger partial charge on any atom is -0.397 e. The summed E-state index contributed by atoms with van der Waals surface area (Å²) in [4.78, 5) is 20.7. The van der Waals surface area contributed by atoms with E-state index in [0.717, 1.165) is 29.7 Å². The Balaban J connectivity index is 1.72. The highest BCUT2D eigenvalue weighted by Crippen LogP contribution is 2.43. The van der Waals surface area contributed by atoms with Gasteiger partial charge < -0.3 is 16.4 Å². The molecule has 5 rings (SSSR count). The third kappa shape index (κ3) is 3.00. The molecular formula is C24H19N5OS. The molecule has 0 bridgehead atoms. The lowest BCUT2D eigenvalue weighted by Gasteiger charge is -2.29. The van der Waals surface area contributed by atoms with Gasteiger partial charge in [0.15, 0.2) is 0 Å². The van der Waals surface area contributed by atoms with Gasteiger partial charge >= 0.3 is 0 Å². The molecule has 2 aromatic carbocycles.